The maximum atomic E-state index is 13.4. The second kappa shape index (κ2) is 7.12. The fourth-order valence-electron chi connectivity index (χ4n) is 3.60. The van der Waals surface area contributed by atoms with Crippen LogP contribution in [0.15, 0.2) is 49.1 Å². The van der Waals surface area contributed by atoms with Gasteiger partial charge >= 0.3 is 0 Å². The van der Waals surface area contributed by atoms with Crippen LogP contribution in [0.1, 0.15) is 34.5 Å². The zero-order valence-corrected chi connectivity index (χ0v) is 16.2. The molecular formula is C22H19N7O. The molecular weight excluding hydrogens is 378 g/mol. The van der Waals surface area contributed by atoms with Gasteiger partial charge in [-0.25, -0.2) is 9.97 Å². The molecule has 1 aliphatic carbocycles. The lowest BCUT2D eigenvalue weighted by molar-refractivity contribution is 0.0733. The van der Waals surface area contributed by atoms with Gasteiger partial charge < -0.3 is 10.6 Å². The number of hydrogen-bond donors (Lipinski definition) is 1. The highest BCUT2D eigenvalue weighted by Crippen LogP contribution is 2.31. The number of nitrogen functional groups attached to an aromatic ring is 1. The summed E-state index contributed by atoms with van der Waals surface area (Å²) in [4.78, 5) is 28.1. The molecule has 1 amide bonds. The van der Waals surface area contributed by atoms with E-state index in [1.54, 1.807) is 30.7 Å². The summed E-state index contributed by atoms with van der Waals surface area (Å²) in [7, 11) is 0. The minimum atomic E-state index is -0.0555. The van der Waals surface area contributed by atoms with E-state index in [1.165, 1.54) is 6.20 Å². The molecule has 0 bridgehead atoms. The maximum absolute atomic E-state index is 13.4. The molecule has 0 saturated heterocycles. The second-order valence-corrected chi connectivity index (χ2v) is 7.63. The number of pyridine rings is 1. The molecule has 1 saturated carbocycles. The van der Waals surface area contributed by atoms with Crippen LogP contribution in [0.3, 0.4) is 0 Å². The highest BCUT2D eigenvalue weighted by molar-refractivity contribution is 5.98. The Kier molecular flexibility index (Phi) is 4.29. The van der Waals surface area contributed by atoms with E-state index >= 15 is 0 Å². The number of benzene rings is 1. The van der Waals surface area contributed by atoms with Crippen molar-refractivity contribution in [2.24, 2.45) is 5.92 Å². The largest absolute Gasteiger partial charge is 0.382 e. The van der Waals surface area contributed by atoms with Crippen LogP contribution in [0.25, 0.3) is 16.6 Å². The van der Waals surface area contributed by atoms with Gasteiger partial charge in [0.2, 0.25) is 0 Å². The van der Waals surface area contributed by atoms with Crippen molar-refractivity contribution in [1.29, 1.82) is 5.26 Å². The van der Waals surface area contributed by atoms with Crippen molar-refractivity contribution in [2.75, 3.05) is 12.3 Å². The lowest BCUT2D eigenvalue weighted by atomic mass is 10.1. The third kappa shape index (κ3) is 3.31. The zero-order chi connectivity index (χ0) is 20.7. The summed E-state index contributed by atoms with van der Waals surface area (Å²) in [6, 6.07) is 11.0. The van der Waals surface area contributed by atoms with Crippen LogP contribution in [0.4, 0.5) is 5.82 Å². The fraction of sp³-hybridized carbons (Fsp3) is 0.227. The molecule has 1 aliphatic rings. The number of hydrogen-bond acceptors (Lipinski definition) is 6. The summed E-state index contributed by atoms with van der Waals surface area (Å²) in [5.41, 5.74) is 10.1. The average molecular weight is 397 g/mol. The van der Waals surface area contributed by atoms with E-state index in [0.29, 0.717) is 47.0 Å². The van der Waals surface area contributed by atoms with Crippen LogP contribution >= 0.6 is 0 Å². The Labute approximate surface area is 172 Å². The molecule has 148 valence electrons. The molecule has 3 aromatic heterocycles. The van der Waals surface area contributed by atoms with Crippen molar-refractivity contribution >= 4 is 28.3 Å². The van der Waals surface area contributed by atoms with E-state index in [9.17, 15) is 4.79 Å². The number of carbonyl (C=O) groups is 1. The van der Waals surface area contributed by atoms with E-state index in [-0.39, 0.29) is 5.91 Å². The number of carbonyl (C=O) groups excluding carboxylic acids is 1. The highest BCUT2D eigenvalue weighted by atomic mass is 16.2. The Hall–Kier alpha value is -3.99. The van der Waals surface area contributed by atoms with Crippen LogP contribution in [-0.2, 0) is 6.54 Å². The number of fused-ring (bicyclic) bond motifs is 3. The van der Waals surface area contributed by atoms with E-state index in [0.717, 1.165) is 24.1 Å². The number of imidazole rings is 1. The van der Waals surface area contributed by atoms with Crippen LogP contribution in [0, 0.1) is 17.2 Å². The van der Waals surface area contributed by atoms with Crippen molar-refractivity contribution < 1.29 is 4.79 Å². The second-order valence-electron chi connectivity index (χ2n) is 7.63. The number of anilines is 1. The Morgan fingerprint density at radius 1 is 1.23 bits per heavy atom. The molecule has 30 heavy (non-hydrogen) atoms. The lowest BCUT2D eigenvalue weighted by Crippen LogP contribution is -2.32. The minimum absolute atomic E-state index is 0.0555. The number of rotatable bonds is 5. The summed E-state index contributed by atoms with van der Waals surface area (Å²) in [6.07, 6.45) is 7.15. The summed E-state index contributed by atoms with van der Waals surface area (Å²) < 4.78 is 1.85. The van der Waals surface area contributed by atoms with E-state index in [4.69, 9.17) is 11.0 Å². The quantitative estimate of drug-likeness (QED) is 0.554. The van der Waals surface area contributed by atoms with Crippen molar-refractivity contribution in [3.63, 3.8) is 0 Å². The van der Waals surface area contributed by atoms with E-state index in [2.05, 4.69) is 21.0 Å². The van der Waals surface area contributed by atoms with Gasteiger partial charge in [-0.1, -0.05) is 0 Å². The third-order valence-corrected chi connectivity index (χ3v) is 5.39. The van der Waals surface area contributed by atoms with Gasteiger partial charge in [-0.3, -0.25) is 14.2 Å². The average Bonchev–Trinajstić information content (AvgIpc) is 3.44. The molecule has 1 fully saturated rings. The molecule has 0 spiro atoms. The van der Waals surface area contributed by atoms with Crippen LogP contribution in [0.2, 0.25) is 0 Å². The summed E-state index contributed by atoms with van der Waals surface area (Å²) in [5.74, 6) is 0.885. The summed E-state index contributed by atoms with van der Waals surface area (Å²) >= 11 is 0. The molecule has 2 N–H and O–H groups in total. The molecule has 0 aliphatic heterocycles. The van der Waals surface area contributed by atoms with E-state index in [1.807, 2.05) is 21.4 Å². The number of amides is 1. The first kappa shape index (κ1) is 18.1. The Morgan fingerprint density at radius 3 is 2.83 bits per heavy atom. The van der Waals surface area contributed by atoms with Crippen molar-refractivity contribution in [1.82, 2.24) is 24.3 Å². The third-order valence-electron chi connectivity index (χ3n) is 5.39. The lowest BCUT2D eigenvalue weighted by Gasteiger charge is -2.22. The fourth-order valence-corrected chi connectivity index (χ4v) is 3.60. The first-order valence-corrected chi connectivity index (χ1v) is 9.78. The topological polar surface area (TPSA) is 113 Å². The molecule has 8 heteroatoms. The van der Waals surface area contributed by atoms with Gasteiger partial charge in [0.1, 0.15) is 17.4 Å². The summed E-state index contributed by atoms with van der Waals surface area (Å²) in [6.45, 7) is 1.10. The first-order chi connectivity index (χ1) is 14.6. The smallest absolute Gasteiger partial charge is 0.254 e. The Bertz CT molecular complexity index is 1300. The zero-order valence-electron chi connectivity index (χ0n) is 16.2. The molecule has 1 aromatic carbocycles. The number of nitrogens with two attached hydrogens (primary N) is 1. The van der Waals surface area contributed by atoms with Gasteiger partial charge in [0.05, 0.1) is 41.4 Å². The van der Waals surface area contributed by atoms with Gasteiger partial charge in [-0.05, 0) is 49.1 Å². The number of nitrogens with zero attached hydrogens (tertiary/aromatic N) is 6. The highest BCUT2D eigenvalue weighted by Gasteiger charge is 2.28. The van der Waals surface area contributed by atoms with Crippen molar-refractivity contribution in [3.8, 4) is 6.07 Å². The standard InChI is InChI=1S/C22H19N7O/c23-8-15-3-5-17(26-9-15)12-28(11-14-1-2-14)22(30)16-4-6-18-19(7-16)29-13-25-10-20(29)21(24)27-18/h3-7,9-10,13-14H,1-2,11-12H2,(H2,24,27). The predicted molar refractivity (Wildman–Crippen MR) is 111 cm³/mol. The Balaban J connectivity index is 1.49. The number of aromatic nitrogens is 4. The molecule has 0 atom stereocenters. The molecule has 4 aromatic rings. The van der Waals surface area contributed by atoms with Crippen molar-refractivity contribution in [2.45, 2.75) is 19.4 Å². The predicted octanol–water partition coefficient (Wildman–Crippen LogP) is 2.78. The molecule has 5 rings (SSSR count). The molecule has 0 unspecified atom stereocenters. The molecule has 0 radical (unpaired) electrons. The minimum Gasteiger partial charge on any atom is -0.382 e. The Morgan fingerprint density at radius 2 is 2.10 bits per heavy atom. The number of nitriles is 1. The van der Waals surface area contributed by atoms with Crippen LogP contribution in [-0.4, -0.2) is 36.7 Å². The van der Waals surface area contributed by atoms with Gasteiger partial charge in [-0.2, -0.15) is 5.26 Å². The van der Waals surface area contributed by atoms with Crippen LogP contribution in [0.5, 0.6) is 0 Å². The maximum Gasteiger partial charge on any atom is 0.254 e. The van der Waals surface area contributed by atoms with Gasteiger partial charge in [0, 0.05) is 18.3 Å². The molecule has 8 nitrogen and oxygen atoms in total. The van der Waals surface area contributed by atoms with Gasteiger partial charge in [0.15, 0.2) is 0 Å². The normalized spacial score (nSPS) is 13.4. The van der Waals surface area contributed by atoms with E-state index < -0.39 is 0 Å². The van der Waals surface area contributed by atoms with Crippen molar-refractivity contribution in [3.05, 3.63) is 65.9 Å². The summed E-state index contributed by atoms with van der Waals surface area (Å²) in [5, 5.41) is 8.96. The monoisotopic (exact) mass is 397 g/mol. The van der Waals surface area contributed by atoms with Gasteiger partial charge in [-0.15, -0.1) is 0 Å². The first-order valence-electron chi connectivity index (χ1n) is 9.78. The van der Waals surface area contributed by atoms with Crippen LogP contribution < -0.4 is 5.73 Å². The van der Waals surface area contributed by atoms with Gasteiger partial charge in [0.25, 0.3) is 5.91 Å². The molecule has 3 heterocycles. The SMILES string of the molecule is N#Cc1ccc(CN(CC2CC2)C(=O)c2ccc3nc(N)c4cncn4c3c2)nc1.